The lowest BCUT2D eigenvalue weighted by molar-refractivity contribution is -0.116. The molecular formula is C16H16N2O3. The molecule has 5 heteroatoms. The van der Waals surface area contributed by atoms with Gasteiger partial charge < -0.3 is 15.2 Å². The molecule has 2 rings (SSSR count). The molecular weight excluding hydrogens is 268 g/mol. The van der Waals surface area contributed by atoms with E-state index < -0.39 is 0 Å². The Morgan fingerprint density at radius 1 is 1.43 bits per heavy atom. The lowest BCUT2D eigenvalue weighted by Crippen LogP contribution is -2.20. The third-order valence-corrected chi connectivity index (χ3v) is 2.82. The lowest BCUT2D eigenvalue weighted by atomic mass is 10.2. The molecule has 0 radical (unpaired) electrons. The summed E-state index contributed by atoms with van der Waals surface area (Å²) in [5.74, 6) is 0.252. The first kappa shape index (κ1) is 14.6. The van der Waals surface area contributed by atoms with Gasteiger partial charge in [-0.3, -0.25) is 9.78 Å². The van der Waals surface area contributed by atoms with Crippen molar-refractivity contribution in [3.05, 3.63) is 59.9 Å². The van der Waals surface area contributed by atoms with Crippen molar-refractivity contribution in [2.75, 3.05) is 7.11 Å². The Kier molecular flexibility index (Phi) is 4.93. The number of pyridine rings is 1. The molecule has 108 valence electrons. The average molecular weight is 284 g/mol. The van der Waals surface area contributed by atoms with Gasteiger partial charge in [-0.25, -0.2) is 0 Å². The second-order valence-electron chi connectivity index (χ2n) is 4.34. The molecule has 1 heterocycles. The number of methoxy groups -OCH3 is 1. The number of carbonyl (C=O) groups excluding carboxylic acids is 1. The highest BCUT2D eigenvalue weighted by Gasteiger charge is 2.03. The highest BCUT2D eigenvalue weighted by molar-refractivity contribution is 5.91. The summed E-state index contributed by atoms with van der Waals surface area (Å²) in [6, 6.07) is 8.61. The zero-order chi connectivity index (χ0) is 15.1. The van der Waals surface area contributed by atoms with E-state index in [4.69, 9.17) is 4.74 Å². The second-order valence-corrected chi connectivity index (χ2v) is 4.34. The summed E-state index contributed by atoms with van der Waals surface area (Å²) in [6.07, 6.45) is 6.50. The van der Waals surface area contributed by atoms with E-state index in [1.54, 1.807) is 36.7 Å². The molecule has 0 aliphatic heterocycles. The number of hydrogen-bond acceptors (Lipinski definition) is 4. The molecule has 0 fully saturated rings. The van der Waals surface area contributed by atoms with Crippen LogP contribution in [0.2, 0.25) is 0 Å². The van der Waals surface area contributed by atoms with E-state index in [1.165, 1.54) is 19.3 Å². The molecule has 1 amide bonds. The number of carbonyl (C=O) groups is 1. The molecule has 0 aliphatic rings. The van der Waals surface area contributed by atoms with Crippen LogP contribution >= 0.6 is 0 Å². The number of phenolic OH excluding ortho intramolecular Hbond substituents is 1. The smallest absolute Gasteiger partial charge is 0.244 e. The van der Waals surface area contributed by atoms with Gasteiger partial charge in [-0.1, -0.05) is 12.1 Å². The van der Waals surface area contributed by atoms with Gasteiger partial charge in [0.1, 0.15) is 0 Å². The fourth-order valence-electron chi connectivity index (χ4n) is 1.73. The van der Waals surface area contributed by atoms with Gasteiger partial charge in [0, 0.05) is 25.0 Å². The van der Waals surface area contributed by atoms with Gasteiger partial charge in [0.2, 0.25) is 5.91 Å². The molecule has 0 saturated carbocycles. The van der Waals surface area contributed by atoms with Gasteiger partial charge in [0.15, 0.2) is 11.5 Å². The van der Waals surface area contributed by atoms with Crippen molar-refractivity contribution in [1.82, 2.24) is 10.3 Å². The van der Waals surface area contributed by atoms with E-state index in [2.05, 4.69) is 10.3 Å². The number of amides is 1. The fraction of sp³-hybridized carbons (Fsp3) is 0.125. The number of aromatic nitrogens is 1. The minimum Gasteiger partial charge on any atom is -0.504 e. The average Bonchev–Trinajstić information content (AvgIpc) is 2.53. The molecule has 0 bridgehead atoms. The maximum absolute atomic E-state index is 11.7. The molecule has 0 saturated heterocycles. The number of nitrogens with one attached hydrogen (secondary N) is 1. The van der Waals surface area contributed by atoms with Crippen LogP contribution in [0.3, 0.4) is 0 Å². The van der Waals surface area contributed by atoms with Crippen LogP contribution in [-0.4, -0.2) is 23.1 Å². The number of phenols is 1. The first-order valence-corrected chi connectivity index (χ1v) is 6.41. The Morgan fingerprint density at radius 2 is 2.29 bits per heavy atom. The summed E-state index contributed by atoms with van der Waals surface area (Å²) in [7, 11) is 1.48. The Hall–Kier alpha value is -2.82. The molecule has 2 N–H and O–H groups in total. The predicted octanol–water partition coefficient (Wildman–Crippen LogP) is 2.13. The molecule has 1 aromatic heterocycles. The fourth-order valence-corrected chi connectivity index (χ4v) is 1.73. The van der Waals surface area contributed by atoms with Crippen molar-refractivity contribution in [3.63, 3.8) is 0 Å². The summed E-state index contributed by atoms with van der Waals surface area (Å²) in [6.45, 7) is 0.354. The van der Waals surface area contributed by atoms with E-state index in [0.29, 0.717) is 12.3 Å². The van der Waals surface area contributed by atoms with Gasteiger partial charge in [0.05, 0.1) is 7.11 Å². The Morgan fingerprint density at radius 3 is 3.00 bits per heavy atom. The minimum absolute atomic E-state index is 0.0732. The minimum atomic E-state index is -0.203. The Balaban J connectivity index is 1.91. The highest BCUT2D eigenvalue weighted by atomic mass is 16.5. The van der Waals surface area contributed by atoms with Gasteiger partial charge in [-0.2, -0.15) is 0 Å². The van der Waals surface area contributed by atoms with E-state index in [0.717, 1.165) is 11.1 Å². The van der Waals surface area contributed by atoms with Crippen molar-refractivity contribution in [1.29, 1.82) is 0 Å². The number of hydrogen-bond donors (Lipinski definition) is 2. The topological polar surface area (TPSA) is 71.5 Å². The molecule has 0 atom stereocenters. The second kappa shape index (κ2) is 7.09. The maximum Gasteiger partial charge on any atom is 0.244 e. The third-order valence-electron chi connectivity index (χ3n) is 2.82. The van der Waals surface area contributed by atoms with Crippen LogP contribution in [0.5, 0.6) is 11.5 Å². The summed E-state index contributed by atoms with van der Waals surface area (Å²) in [5.41, 5.74) is 1.70. The first-order chi connectivity index (χ1) is 10.2. The Bertz CT molecular complexity index is 639. The number of nitrogens with zero attached hydrogens (tertiary/aromatic N) is 1. The van der Waals surface area contributed by atoms with Crippen molar-refractivity contribution in [3.8, 4) is 11.5 Å². The van der Waals surface area contributed by atoms with Crippen LogP contribution in [0, 0.1) is 0 Å². The van der Waals surface area contributed by atoms with E-state index >= 15 is 0 Å². The largest absolute Gasteiger partial charge is 0.504 e. The maximum atomic E-state index is 11.7. The molecule has 0 unspecified atom stereocenters. The van der Waals surface area contributed by atoms with Crippen molar-refractivity contribution < 1.29 is 14.6 Å². The molecule has 21 heavy (non-hydrogen) atoms. The molecule has 2 aromatic rings. The molecule has 0 spiro atoms. The normalized spacial score (nSPS) is 10.5. The summed E-state index contributed by atoms with van der Waals surface area (Å²) in [5, 5.41) is 12.2. The quantitative estimate of drug-likeness (QED) is 0.825. The van der Waals surface area contributed by atoms with Crippen LogP contribution in [0.4, 0.5) is 0 Å². The lowest BCUT2D eigenvalue weighted by Gasteiger charge is -2.07. The summed E-state index contributed by atoms with van der Waals surface area (Å²) < 4.78 is 5.01. The summed E-state index contributed by atoms with van der Waals surface area (Å²) >= 11 is 0. The number of aromatic hydroxyl groups is 1. The van der Waals surface area contributed by atoms with Crippen LogP contribution < -0.4 is 10.1 Å². The van der Waals surface area contributed by atoms with Crippen LogP contribution in [0.25, 0.3) is 6.08 Å². The molecule has 1 aromatic carbocycles. The number of rotatable bonds is 5. The number of ether oxygens (including phenoxy) is 1. The van der Waals surface area contributed by atoms with E-state index in [-0.39, 0.29) is 11.7 Å². The van der Waals surface area contributed by atoms with Gasteiger partial charge >= 0.3 is 0 Å². The highest BCUT2D eigenvalue weighted by Crippen LogP contribution is 2.26. The van der Waals surface area contributed by atoms with Gasteiger partial charge in [-0.05, 0) is 35.4 Å². The van der Waals surface area contributed by atoms with Crippen molar-refractivity contribution in [2.45, 2.75) is 6.54 Å². The standard InChI is InChI=1S/C16H16N2O3/c1-21-15-9-13(4-6-14(15)19)11-18-16(20)7-5-12-3-2-8-17-10-12/h2-10,19H,11H2,1H3,(H,18,20). The monoisotopic (exact) mass is 284 g/mol. The van der Waals surface area contributed by atoms with E-state index in [9.17, 15) is 9.90 Å². The van der Waals surface area contributed by atoms with E-state index in [1.807, 2.05) is 6.07 Å². The van der Waals surface area contributed by atoms with Crippen LogP contribution in [-0.2, 0) is 11.3 Å². The number of benzene rings is 1. The third kappa shape index (κ3) is 4.35. The summed E-state index contributed by atoms with van der Waals surface area (Å²) in [4.78, 5) is 15.7. The van der Waals surface area contributed by atoms with Crippen LogP contribution in [0.15, 0.2) is 48.8 Å². The predicted molar refractivity (Wildman–Crippen MR) is 79.8 cm³/mol. The van der Waals surface area contributed by atoms with Gasteiger partial charge in [0.25, 0.3) is 0 Å². The Labute approximate surface area is 122 Å². The molecule has 0 aliphatic carbocycles. The zero-order valence-electron chi connectivity index (χ0n) is 11.6. The van der Waals surface area contributed by atoms with Crippen molar-refractivity contribution in [2.24, 2.45) is 0 Å². The van der Waals surface area contributed by atoms with Gasteiger partial charge in [-0.15, -0.1) is 0 Å². The first-order valence-electron chi connectivity index (χ1n) is 6.41. The van der Waals surface area contributed by atoms with Crippen LogP contribution in [0.1, 0.15) is 11.1 Å². The zero-order valence-corrected chi connectivity index (χ0v) is 11.6. The van der Waals surface area contributed by atoms with Crippen molar-refractivity contribution >= 4 is 12.0 Å². The SMILES string of the molecule is COc1cc(CNC(=O)C=Cc2cccnc2)ccc1O. The molecule has 5 nitrogen and oxygen atoms in total.